The normalized spacial score (nSPS) is 14.3. The van der Waals surface area contributed by atoms with Gasteiger partial charge in [-0.25, -0.2) is 16.8 Å². The number of hydrogen-bond acceptors (Lipinski definition) is 4. The SMILES string of the molecule is Cc1ccc(S(=O)(=O)CC(F)(F)C(F)(F)C(F)(F)C(F)(F)CS(=O)(=O)c2ccc(C)cc2)cc1. The second-order valence-electron chi connectivity index (χ2n) is 7.70. The third-order valence-electron chi connectivity index (χ3n) is 4.82. The van der Waals surface area contributed by atoms with Crippen molar-refractivity contribution in [1.82, 2.24) is 0 Å². The van der Waals surface area contributed by atoms with Crippen molar-refractivity contribution in [2.75, 3.05) is 11.5 Å². The summed E-state index contributed by atoms with van der Waals surface area (Å²) in [4.78, 5) is -1.85. The quantitative estimate of drug-likeness (QED) is 0.417. The molecule has 0 amide bonds. The van der Waals surface area contributed by atoms with Crippen LogP contribution in [0.25, 0.3) is 0 Å². The van der Waals surface area contributed by atoms with Crippen LogP contribution < -0.4 is 0 Å². The van der Waals surface area contributed by atoms with Gasteiger partial charge in [-0.05, 0) is 38.1 Å². The number of alkyl halides is 8. The van der Waals surface area contributed by atoms with Gasteiger partial charge in [0.15, 0.2) is 19.7 Å². The number of halogens is 8. The molecule has 0 aliphatic rings. The van der Waals surface area contributed by atoms with Crippen molar-refractivity contribution in [1.29, 1.82) is 0 Å². The van der Waals surface area contributed by atoms with Crippen LogP contribution in [0.5, 0.6) is 0 Å². The van der Waals surface area contributed by atoms with Gasteiger partial charge in [0.2, 0.25) is 0 Å². The summed E-state index contributed by atoms with van der Waals surface area (Å²) in [5.74, 6) is -32.1. The summed E-state index contributed by atoms with van der Waals surface area (Å²) in [5, 5.41) is 0. The Morgan fingerprint density at radius 1 is 0.529 bits per heavy atom. The van der Waals surface area contributed by atoms with E-state index in [9.17, 15) is 52.0 Å². The smallest absolute Gasteiger partial charge is 0.223 e. The summed E-state index contributed by atoms with van der Waals surface area (Å²) in [6, 6.07) is 7.45. The maximum atomic E-state index is 14.2. The van der Waals surface area contributed by atoms with Gasteiger partial charge in [0.05, 0.1) is 9.79 Å². The number of aryl methyl sites for hydroxylation is 2. The van der Waals surface area contributed by atoms with Crippen LogP contribution >= 0.6 is 0 Å². The third-order valence-corrected chi connectivity index (χ3v) is 8.28. The van der Waals surface area contributed by atoms with Crippen molar-refractivity contribution < 1.29 is 52.0 Å². The Morgan fingerprint density at radius 3 is 1.00 bits per heavy atom. The lowest BCUT2D eigenvalue weighted by atomic mass is 10.0. The maximum Gasteiger partial charge on any atom is 0.379 e. The van der Waals surface area contributed by atoms with Gasteiger partial charge in [0.1, 0.15) is 11.5 Å². The van der Waals surface area contributed by atoms with E-state index in [1.165, 1.54) is 13.8 Å². The zero-order valence-electron chi connectivity index (χ0n) is 17.5. The highest BCUT2D eigenvalue weighted by molar-refractivity contribution is 7.91. The molecule has 2 aromatic rings. The molecule has 0 aliphatic heterocycles. The molecule has 0 N–H and O–H groups in total. The number of hydrogen-bond donors (Lipinski definition) is 0. The van der Waals surface area contributed by atoms with E-state index in [4.69, 9.17) is 0 Å². The molecule has 0 radical (unpaired) electrons. The molecule has 0 aromatic heterocycles. The standard InChI is InChI=1S/C20H18F8O4S2/c1-13-3-7-15(8-4-13)33(29,30)11-17(21,22)19(25,26)20(27,28)18(23,24)12-34(31,32)16-9-5-14(2)6-10-16/h3-10H,11-12H2,1-2H3. The molecule has 0 spiro atoms. The predicted octanol–water partition coefficient (Wildman–Crippen LogP) is 5.09. The van der Waals surface area contributed by atoms with Gasteiger partial charge < -0.3 is 0 Å². The van der Waals surface area contributed by atoms with E-state index in [1.54, 1.807) is 0 Å². The monoisotopic (exact) mass is 538 g/mol. The topological polar surface area (TPSA) is 68.3 Å². The van der Waals surface area contributed by atoms with Crippen LogP contribution in [0.2, 0.25) is 0 Å². The largest absolute Gasteiger partial charge is 0.379 e. The van der Waals surface area contributed by atoms with E-state index in [1.807, 2.05) is 0 Å². The van der Waals surface area contributed by atoms with Crippen molar-refractivity contribution in [2.24, 2.45) is 0 Å². The van der Waals surface area contributed by atoms with E-state index in [0.717, 1.165) is 48.5 Å². The van der Waals surface area contributed by atoms with Crippen LogP contribution in [0.1, 0.15) is 11.1 Å². The van der Waals surface area contributed by atoms with E-state index in [-0.39, 0.29) is 0 Å². The fraction of sp³-hybridized carbons (Fsp3) is 0.400. The molecule has 2 rings (SSSR count). The summed E-state index contributed by atoms with van der Waals surface area (Å²) in [6.07, 6.45) is 0. The van der Waals surface area contributed by atoms with Crippen LogP contribution in [0.3, 0.4) is 0 Å². The summed E-state index contributed by atoms with van der Waals surface area (Å²) in [5.41, 5.74) is 0.911. The molecule has 0 saturated heterocycles. The summed E-state index contributed by atoms with van der Waals surface area (Å²) in [6.45, 7) is 2.96. The zero-order valence-corrected chi connectivity index (χ0v) is 19.1. The van der Waals surface area contributed by atoms with Crippen molar-refractivity contribution in [3.8, 4) is 0 Å². The maximum absolute atomic E-state index is 14.2. The summed E-state index contributed by atoms with van der Waals surface area (Å²) >= 11 is 0. The van der Waals surface area contributed by atoms with Gasteiger partial charge in [-0.1, -0.05) is 35.4 Å². The fourth-order valence-corrected chi connectivity index (χ4v) is 5.53. The molecule has 0 fully saturated rings. The van der Waals surface area contributed by atoms with Crippen LogP contribution in [-0.4, -0.2) is 52.0 Å². The average Bonchev–Trinajstić information content (AvgIpc) is 2.66. The Bertz CT molecular complexity index is 1140. The molecule has 190 valence electrons. The van der Waals surface area contributed by atoms with Gasteiger partial charge in [0, 0.05) is 0 Å². The summed E-state index contributed by atoms with van der Waals surface area (Å²) < 4.78 is 162. The van der Waals surface area contributed by atoms with Crippen molar-refractivity contribution in [3.05, 3.63) is 59.7 Å². The van der Waals surface area contributed by atoms with Gasteiger partial charge in [-0.15, -0.1) is 0 Å². The highest BCUT2D eigenvalue weighted by atomic mass is 32.2. The van der Waals surface area contributed by atoms with Crippen LogP contribution in [0.15, 0.2) is 58.3 Å². The molecule has 0 unspecified atom stereocenters. The van der Waals surface area contributed by atoms with Crippen molar-refractivity contribution in [3.63, 3.8) is 0 Å². The highest BCUT2D eigenvalue weighted by Gasteiger charge is 2.81. The highest BCUT2D eigenvalue weighted by Crippen LogP contribution is 2.53. The van der Waals surface area contributed by atoms with E-state index >= 15 is 0 Å². The predicted molar refractivity (Wildman–Crippen MR) is 106 cm³/mol. The Hall–Kier alpha value is -2.22. The zero-order chi connectivity index (χ0) is 26.4. The second kappa shape index (κ2) is 8.77. The average molecular weight is 538 g/mol. The molecule has 4 nitrogen and oxygen atoms in total. The Labute approximate surface area is 190 Å². The molecule has 0 bridgehead atoms. The molecule has 0 saturated carbocycles. The second-order valence-corrected chi connectivity index (χ2v) is 11.7. The van der Waals surface area contributed by atoms with Crippen LogP contribution in [-0.2, 0) is 19.7 Å². The van der Waals surface area contributed by atoms with Crippen molar-refractivity contribution >= 4 is 19.7 Å². The van der Waals surface area contributed by atoms with E-state index in [0.29, 0.717) is 11.1 Å². The lowest BCUT2D eigenvalue weighted by Gasteiger charge is -2.36. The van der Waals surface area contributed by atoms with E-state index in [2.05, 4.69) is 0 Å². The lowest BCUT2D eigenvalue weighted by molar-refractivity contribution is -0.356. The van der Waals surface area contributed by atoms with Gasteiger partial charge in [-0.2, -0.15) is 35.1 Å². The fourth-order valence-electron chi connectivity index (χ4n) is 2.78. The Morgan fingerprint density at radius 2 is 0.765 bits per heavy atom. The first-order valence-electron chi connectivity index (χ1n) is 9.26. The van der Waals surface area contributed by atoms with Gasteiger partial charge >= 0.3 is 23.7 Å². The van der Waals surface area contributed by atoms with Crippen LogP contribution in [0.4, 0.5) is 35.1 Å². The first-order valence-corrected chi connectivity index (χ1v) is 12.6. The third kappa shape index (κ3) is 5.21. The van der Waals surface area contributed by atoms with Crippen LogP contribution in [0, 0.1) is 13.8 Å². The molecular weight excluding hydrogens is 520 g/mol. The summed E-state index contributed by atoms with van der Waals surface area (Å²) in [7, 11) is -10.7. The number of benzene rings is 2. The minimum absolute atomic E-state index is 0.456. The first kappa shape index (κ1) is 28.0. The molecule has 0 heterocycles. The molecule has 34 heavy (non-hydrogen) atoms. The van der Waals surface area contributed by atoms with Crippen molar-refractivity contribution in [2.45, 2.75) is 47.3 Å². The van der Waals surface area contributed by atoms with E-state index < -0.39 is 64.7 Å². The minimum Gasteiger partial charge on any atom is -0.223 e. The minimum atomic E-state index is -6.94. The van der Waals surface area contributed by atoms with Gasteiger partial charge in [-0.3, -0.25) is 0 Å². The Kier molecular flexibility index (Phi) is 7.23. The molecular formula is C20H18F8O4S2. The first-order chi connectivity index (χ1) is 15.2. The molecule has 14 heteroatoms. The molecule has 0 atom stereocenters. The number of rotatable bonds is 9. The van der Waals surface area contributed by atoms with Gasteiger partial charge in [0.25, 0.3) is 0 Å². The molecule has 2 aromatic carbocycles. The molecule has 0 aliphatic carbocycles. The number of sulfone groups is 2. The Balaban J connectivity index is 2.41. The lowest BCUT2D eigenvalue weighted by Crippen LogP contribution is -2.65.